The van der Waals surface area contributed by atoms with Crippen molar-refractivity contribution in [3.05, 3.63) is 60.2 Å². The van der Waals surface area contributed by atoms with Crippen molar-refractivity contribution in [1.29, 1.82) is 0 Å². The monoisotopic (exact) mass is 435 g/mol. The minimum atomic E-state index is -3.95. The van der Waals surface area contributed by atoms with Gasteiger partial charge in [0.15, 0.2) is 0 Å². The lowest BCUT2D eigenvalue weighted by Crippen LogP contribution is -2.38. The fourth-order valence-electron chi connectivity index (χ4n) is 3.25. The topological polar surface area (TPSA) is 122 Å². The Bertz CT molecular complexity index is 1140. The molecule has 1 unspecified atom stereocenters. The molecular formula is C20H22FN3O5S. The van der Waals surface area contributed by atoms with Gasteiger partial charge in [-0.25, -0.2) is 22.5 Å². The molecule has 30 heavy (non-hydrogen) atoms. The van der Waals surface area contributed by atoms with Gasteiger partial charge >= 0.3 is 5.97 Å². The van der Waals surface area contributed by atoms with Gasteiger partial charge in [0.2, 0.25) is 10.0 Å². The number of carboxylic acids is 1. The molecule has 3 aromatic rings. The number of fused-ring (bicyclic) bond motifs is 1. The number of aliphatic hydroxyl groups excluding tert-OH is 1. The highest BCUT2D eigenvalue weighted by Crippen LogP contribution is 2.27. The standard InChI is InChI=1S/C20H22FN3O5S/c1-13(20(26)27)18-12-24(19-17(18)3-2-9-22-19)11-15(8-10-25)23-30(28,29)16-6-4-14(21)5-7-16/h2-7,9,12-13,15,23,25H,8,10-11H2,1H3,(H,26,27)/t13?,15-/m0/s1. The Balaban J connectivity index is 1.92. The van der Waals surface area contributed by atoms with E-state index in [2.05, 4.69) is 9.71 Å². The largest absolute Gasteiger partial charge is 0.481 e. The summed E-state index contributed by atoms with van der Waals surface area (Å²) >= 11 is 0. The summed E-state index contributed by atoms with van der Waals surface area (Å²) in [6.07, 6.45) is 3.33. The first kappa shape index (κ1) is 21.9. The normalized spacial score (nSPS) is 14.0. The van der Waals surface area contributed by atoms with Crippen LogP contribution in [0, 0.1) is 5.82 Å². The smallest absolute Gasteiger partial charge is 0.310 e. The molecule has 0 saturated heterocycles. The van der Waals surface area contributed by atoms with Gasteiger partial charge < -0.3 is 14.8 Å². The van der Waals surface area contributed by atoms with Crippen molar-refractivity contribution in [2.24, 2.45) is 0 Å². The third kappa shape index (κ3) is 4.66. The molecule has 0 saturated carbocycles. The lowest BCUT2D eigenvalue weighted by atomic mass is 10.0. The van der Waals surface area contributed by atoms with E-state index in [1.54, 1.807) is 36.0 Å². The fourth-order valence-corrected chi connectivity index (χ4v) is 4.51. The number of hydrogen-bond acceptors (Lipinski definition) is 5. The highest BCUT2D eigenvalue weighted by molar-refractivity contribution is 7.89. The number of nitrogens with zero attached hydrogens (tertiary/aromatic N) is 2. The van der Waals surface area contributed by atoms with E-state index >= 15 is 0 Å². The zero-order chi connectivity index (χ0) is 21.9. The number of carbonyl (C=O) groups is 1. The molecular weight excluding hydrogens is 413 g/mol. The Kier molecular flexibility index (Phi) is 6.49. The molecule has 3 N–H and O–H groups in total. The van der Waals surface area contributed by atoms with Crippen molar-refractivity contribution in [2.45, 2.75) is 36.7 Å². The Morgan fingerprint density at radius 2 is 1.97 bits per heavy atom. The second kappa shape index (κ2) is 8.90. The fraction of sp³-hybridized carbons (Fsp3) is 0.300. The molecule has 0 amide bonds. The van der Waals surface area contributed by atoms with E-state index < -0.39 is 33.8 Å². The van der Waals surface area contributed by atoms with E-state index in [9.17, 15) is 27.8 Å². The first-order valence-corrected chi connectivity index (χ1v) is 10.8. The Morgan fingerprint density at radius 3 is 2.60 bits per heavy atom. The minimum Gasteiger partial charge on any atom is -0.481 e. The molecule has 0 aliphatic carbocycles. The summed E-state index contributed by atoms with van der Waals surface area (Å²) in [6.45, 7) is 1.43. The Morgan fingerprint density at radius 1 is 1.27 bits per heavy atom. The number of nitrogens with one attached hydrogen (secondary N) is 1. The molecule has 160 valence electrons. The molecule has 0 aliphatic heterocycles. The number of hydrogen-bond donors (Lipinski definition) is 3. The van der Waals surface area contributed by atoms with Crippen LogP contribution in [0.4, 0.5) is 4.39 Å². The van der Waals surface area contributed by atoms with Gasteiger partial charge in [-0.15, -0.1) is 0 Å². The molecule has 2 atom stereocenters. The average molecular weight is 435 g/mol. The van der Waals surface area contributed by atoms with Gasteiger partial charge in [0.1, 0.15) is 11.5 Å². The van der Waals surface area contributed by atoms with Crippen LogP contribution in [0.5, 0.6) is 0 Å². The molecule has 10 heteroatoms. The summed E-state index contributed by atoms with van der Waals surface area (Å²) in [5.74, 6) is -2.31. The molecule has 2 aromatic heterocycles. The molecule has 3 rings (SSSR count). The number of aliphatic carboxylic acids is 1. The lowest BCUT2D eigenvalue weighted by molar-refractivity contribution is -0.138. The quantitative estimate of drug-likeness (QED) is 0.473. The molecule has 0 aliphatic rings. The second-order valence-corrected chi connectivity index (χ2v) is 8.67. The summed E-state index contributed by atoms with van der Waals surface area (Å²) in [7, 11) is -3.95. The maximum atomic E-state index is 13.1. The maximum absolute atomic E-state index is 13.1. The van der Waals surface area contributed by atoms with Crippen molar-refractivity contribution in [3.8, 4) is 0 Å². The minimum absolute atomic E-state index is 0.0949. The number of rotatable bonds is 9. The van der Waals surface area contributed by atoms with Crippen molar-refractivity contribution < 1.29 is 27.8 Å². The molecule has 1 aromatic carbocycles. The van der Waals surface area contributed by atoms with Gasteiger partial charge in [-0.3, -0.25) is 4.79 Å². The molecule has 0 radical (unpaired) electrons. The molecule has 0 fully saturated rings. The molecule has 2 heterocycles. The maximum Gasteiger partial charge on any atom is 0.310 e. The van der Waals surface area contributed by atoms with Crippen LogP contribution in [0.25, 0.3) is 11.0 Å². The average Bonchev–Trinajstić information content (AvgIpc) is 3.06. The third-order valence-corrected chi connectivity index (χ3v) is 6.38. The van der Waals surface area contributed by atoms with E-state index in [0.717, 1.165) is 24.3 Å². The van der Waals surface area contributed by atoms with E-state index in [1.165, 1.54) is 0 Å². The lowest BCUT2D eigenvalue weighted by Gasteiger charge is -2.19. The highest BCUT2D eigenvalue weighted by Gasteiger charge is 2.24. The van der Waals surface area contributed by atoms with Crippen molar-refractivity contribution in [1.82, 2.24) is 14.3 Å². The number of aliphatic hydroxyl groups is 1. The van der Waals surface area contributed by atoms with Crippen LogP contribution in [0.1, 0.15) is 24.8 Å². The number of pyridine rings is 1. The predicted octanol–water partition coefficient (Wildman–Crippen LogP) is 2.09. The summed E-state index contributed by atoms with van der Waals surface area (Å²) in [6, 6.07) is 7.19. The van der Waals surface area contributed by atoms with Crippen LogP contribution in [0.15, 0.2) is 53.7 Å². The molecule has 0 bridgehead atoms. The van der Waals surface area contributed by atoms with Crippen LogP contribution in [-0.4, -0.2) is 46.8 Å². The number of sulfonamides is 1. The summed E-state index contributed by atoms with van der Waals surface area (Å²) in [5, 5.41) is 19.5. The number of halogens is 1. The summed E-state index contributed by atoms with van der Waals surface area (Å²) in [5.41, 5.74) is 1.08. The van der Waals surface area contributed by atoms with Gasteiger partial charge in [0.25, 0.3) is 0 Å². The van der Waals surface area contributed by atoms with Crippen LogP contribution in [-0.2, 0) is 21.4 Å². The molecule has 0 spiro atoms. The zero-order valence-corrected chi connectivity index (χ0v) is 17.0. The number of aromatic nitrogens is 2. The summed E-state index contributed by atoms with van der Waals surface area (Å²) < 4.78 is 42.7. The van der Waals surface area contributed by atoms with E-state index in [0.29, 0.717) is 16.6 Å². The second-order valence-electron chi connectivity index (χ2n) is 6.96. The third-order valence-electron chi connectivity index (χ3n) is 4.84. The number of carboxylic acid groups (broad SMARTS) is 1. The Hall–Kier alpha value is -2.82. The van der Waals surface area contributed by atoms with Crippen molar-refractivity contribution in [2.75, 3.05) is 6.61 Å². The predicted molar refractivity (Wildman–Crippen MR) is 108 cm³/mol. The van der Waals surface area contributed by atoms with E-state index in [-0.39, 0.29) is 24.5 Å². The van der Waals surface area contributed by atoms with Gasteiger partial charge in [-0.2, -0.15) is 0 Å². The first-order chi connectivity index (χ1) is 14.2. The number of benzene rings is 1. The van der Waals surface area contributed by atoms with Crippen LogP contribution < -0.4 is 4.72 Å². The van der Waals surface area contributed by atoms with Gasteiger partial charge in [-0.1, -0.05) is 0 Å². The summed E-state index contributed by atoms with van der Waals surface area (Å²) in [4.78, 5) is 15.7. The van der Waals surface area contributed by atoms with Crippen LogP contribution in [0.3, 0.4) is 0 Å². The van der Waals surface area contributed by atoms with Gasteiger partial charge in [0, 0.05) is 37.0 Å². The van der Waals surface area contributed by atoms with Gasteiger partial charge in [0.05, 0.1) is 10.8 Å². The highest BCUT2D eigenvalue weighted by atomic mass is 32.2. The van der Waals surface area contributed by atoms with Crippen molar-refractivity contribution in [3.63, 3.8) is 0 Å². The zero-order valence-electron chi connectivity index (χ0n) is 16.2. The van der Waals surface area contributed by atoms with E-state index in [1.807, 2.05) is 0 Å². The van der Waals surface area contributed by atoms with Gasteiger partial charge in [-0.05, 0) is 55.3 Å². The van der Waals surface area contributed by atoms with Crippen molar-refractivity contribution >= 4 is 27.0 Å². The first-order valence-electron chi connectivity index (χ1n) is 9.28. The van der Waals surface area contributed by atoms with Crippen LogP contribution >= 0.6 is 0 Å². The Labute approximate surface area is 173 Å². The molecule has 8 nitrogen and oxygen atoms in total. The van der Waals surface area contributed by atoms with E-state index in [4.69, 9.17) is 0 Å². The van der Waals surface area contributed by atoms with Crippen LogP contribution in [0.2, 0.25) is 0 Å². The SMILES string of the molecule is CC(C(=O)O)c1cn(C[C@H](CCO)NS(=O)(=O)c2ccc(F)cc2)c2ncccc12.